The van der Waals surface area contributed by atoms with E-state index in [0.717, 1.165) is 27.8 Å². The standard InChI is InChI=1S/C32H34N4O2/c1-21(33)26-9-5-8-23(16-26)17-27(20-37)31(18-22-6-3-2-4-7-22)36-32(38)25-12-10-24(11-13-25)29-15-14-28(34)19-30(29)35/h2-16,19,27,31,37H,1,17-18,20,33-35H2,(H,36,38). The van der Waals surface area contributed by atoms with Gasteiger partial charge >= 0.3 is 0 Å². The molecule has 0 radical (unpaired) electrons. The Kier molecular flexibility index (Phi) is 8.46. The highest BCUT2D eigenvalue weighted by Gasteiger charge is 2.24. The van der Waals surface area contributed by atoms with E-state index in [1.807, 2.05) is 72.8 Å². The summed E-state index contributed by atoms with van der Waals surface area (Å²) >= 11 is 0. The zero-order valence-electron chi connectivity index (χ0n) is 21.3. The molecule has 2 atom stereocenters. The van der Waals surface area contributed by atoms with E-state index in [0.29, 0.717) is 35.5 Å². The van der Waals surface area contributed by atoms with Gasteiger partial charge in [-0.1, -0.05) is 73.3 Å². The van der Waals surface area contributed by atoms with Crippen LogP contribution >= 0.6 is 0 Å². The lowest BCUT2D eigenvalue weighted by atomic mass is 9.88. The van der Waals surface area contributed by atoms with Gasteiger partial charge in [0.05, 0.1) is 0 Å². The summed E-state index contributed by atoms with van der Waals surface area (Å²) in [6.45, 7) is 3.74. The van der Waals surface area contributed by atoms with E-state index in [9.17, 15) is 9.90 Å². The van der Waals surface area contributed by atoms with Crippen molar-refractivity contribution in [3.8, 4) is 11.1 Å². The molecular weight excluding hydrogens is 472 g/mol. The Hall–Kier alpha value is -4.55. The van der Waals surface area contributed by atoms with Gasteiger partial charge in [-0.15, -0.1) is 0 Å². The maximum absolute atomic E-state index is 13.4. The normalized spacial score (nSPS) is 12.4. The number of nitrogen functional groups attached to an aromatic ring is 2. The number of carbonyl (C=O) groups excluding carboxylic acids is 1. The van der Waals surface area contributed by atoms with Gasteiger partial charge in [0, 0.05) is 46.8 Å². The molecule has 4 aromatic carbocycles. The zero-order chi connectivity index (χ0) is 27.1. The first-order valence-corrected chi connectivity index (χ1v) is 12.6. The number of amides is 1. The van der Waals surface area contributed by atoms with Crippen molar-refractivity contribution in [2.24, 2.45) is 11.7 Å². The third-order valence-electron chi connectivity index (χ3n) is 6.75. The first-order chi connectivity index (χ1) is 18.3. The van der Waals surface area contributed by atoms with Crippen LogP contribution in [0.1, 0.15) is 27.0 Å². The molecule has 0 spiro atoms. The van der Waals surface area contributed by atoms with Crippen molar-refractivity contribution in [3.63, 3.8) is 0 Å². The number of aliphatic hydroxyl groups is 1. The van der Waals surface area contributed by atoms with Crippen molar-refractivity contribution < 1.29 is 9.90 Å². The van der Waals surface area contributed by atoms with Crippen LogP contribution in [0.5, 0.6) is 0 Å². The van der Waals surface area contributed by atoms with E-state index < -0.39 is 0 Å². The Labute approximate surface area is 223 Å². The molecule has 0 aromatic heterocycles. The second kappa shape index (κ2) is 12.1. The Bertz CT molecular complexity index is 1400. The van der Waals surface area contributed by atoms with Crippen LogP contribution in [0.4, 0.5) is 11.4 Å². The minimum absolute atomic E-state index is 0.0824. The van der Waals surface area contributed by atoms with Gasteiger partial charge in [0.25, 0.3) is 5.91 Å². The maximum Gasteiger partial charge on any atom is 0.251 e. The fourth-order valence-electron chi connectivity index (χ4n) is 4.64. The van der Waals surface area contributed by atoms with Crippen LogP contribution in [-0.2, 0) is 12.8 Å². The van der Waals surface area contributed by atoms with Gasteiger partial charge in [0.1, 0.15) is 0 Å². The molecule has 1 amide bonds. The summed E-state index contributed by atoms with van der Waals surface area (Å²) in [6, 6.07) is 30.2. The lowest BCUT2D eigenvalue weighted by Gasteiger charge is -2.27. The number of hydrogen-bond donors (Lipinski definition) is 5. The van der Waals surface area contributed by atoms with Crippen molar-refractivity contribution in [2.45, 2.75) is 18.9 Å². The molecule has 194 valence electrons. The molecule has 6 nitrogen and oxygen atoms in total. The number of hydrogen-bond acceptors (Lipinski definition) is 5. The first kappa shape index (κ1) is 26.5. The van der Waals surface area contributed by atoms with Crippen molar-refractivity contribution >= 4 is 23.0 Å². The van der Waals surface area contributed by atoms with Crippen LogP contribution < -0.4 is 22.5 Å². The van der Waals surface area contributed by atoms with E-state index in [1.54, 1.807) is 24.3 Å². The van der Waals surface area contributed by atoms with E-state index in [2.05, 4.69) is 11.9 Å². The summed E-state index contributed by atoms with van der Waals surface area (Å²) in [4.78, 5) is 13.4. The van der Waals surface area contributed by atoms with Crippen molar-refractivity contribution in [2.75, 3.05) is 18.1 Å². The van der Waals surface area contributed by atoms with Gasteiger partial charge in [-0.3, -0.25) is 4.79 Å². The molecule has 0 fully saturated rings. The molecule has 0 aliphatic heterocycles. The number of nitrogens with one attached hydrogen (secondary N) is 1. The third-order valence-corrected chi connectivity index (χ3v) is 6.75. The number of nitrogens with two attached hydrogens (primary N) is 3. The lowest BCUT2D eigenvalue weighted by Crippen LogP contribution is -2.44. The summed E-state index contributed by atoms with van der Waals surface area (Å²) in [5, 5.41) is 13.6. The molecule has 0 aliphatic carbocycles. The Morgan fingerprint density at radius 1 is 0.816 bits per heavy atom. The largest absolute Gasteiger partial charge is 0.399 e. The number of aliphatic hydroxyl groups excluding tert-OH is 1. The molecule has 4 rings (SSSR count). The topological polar surface area (TPSA) is 127 Å². The zero-order valence-corrected chi connectivity index (χ0v) is 21.3. The van der Waals surface area contributed by atoms with Gasteiger partial charge in [-0.05, 0) is 65.4 Å². The highest BCUT2D eigenvalue weighted by molar-refractivity contribution is 5.95. The molecule has 2 unspecified atom stereocenters. The van der Waals surface area contributed by atoms with Crippen molar-refractivity contribution in [3.05, 3.63) is 126 Å². The molecule has 8 N–H and O–H groups in total. The van der Waals surface area contributed by atoms with Gasteiger partial charge in [0.2, 0.25) is 0 Å². The Morgan fingerprint density at radius 2 is 1.53 bits per heavy atom. The maximum atomic E-state index is 13.4. The molecule has 6 heteroatoms. The van der Waals surface area contributed by atoms with Gasteiger partial charge in [0.15, 0.2) is 0 Å². The van der Waals surface area contributed by atoms with E-state index in [4.69, 9.17) is 17.2 Å². The van der Waals surface area contributed by atoms with Crippen LogP contribution in [0.15, 0.2) is 104 Å². The van der Waals surface area contributed by atoms with Crippen molar-refractivity contribution in [1.82, 2.24) is 5.32 Å². The SMILES string of the molecule is C=C(N)c1cccc(CC(CO)C(Cc2ccccc2)NC(=O)c2ccc(-c3ccc(N)cc3N)cc2)c1. The molecule has 38 heavy (non-hydrogen) atoms. The average molecular weight is 507 g/mol. The molecule has 0 saturated heterocycles. The minimum atomic E-state index is -0.299. The second-order valence-electron chi connectivity index (χ2n) is 9.57. The third kappa shape index (κ3) is 6.60. The number of benzene rings is 4. The summed E-state index contributed by atoms with van der Waals surface area (Å²) in [5.74, 6) is -0.417. The highest BCUT2D eigenvalue weighted by Crippen LogP contribution is 2.28. The molecule has 0 bridgehead atoms. The van der Waals surface area contributed by atoms with Crippen LogP contribution in [0.25, 0.3) is 16.8 Å². The lowest BCUT2D eigenvalue weighted by molar-refractivity contribution is 0.0903. The monoisotopic (exact) mass is 506 g/mol. The second-order valence-corrected chi connectivity index (χ2v) is 9.57. The number of carbonyl (C=O) groups is 1. The highest BCUT2D eigenvalue weighted by atomic mass is 16.3. The summed E-state index contributed by atoms with van der Waals surface area (Å²) in [5.41, 5.74) is 24.7. The predicted molar refractivity (Wildman–Crippen MR) is 156 cm³/mol. The fraction of sp³-hybridized carbons (Fsp3) is 0.156. The van der Waals surface area contributed by atoms with E-state index >= 15 is 0 Å². The Balaban J connectivity index is 1.56. The van der Waals surface area contributed by atoms with Crippen LogP contribution in [0.2, 0.25) is 0 Å². The molecule has 0 aliphatic rings. The van der Waals surface area contributed by atoms with Crippen LogP contribution in [0, 0.1) is 5.92 Å². The summed E-state index contributed by atoms with van der Waals surface area (Å²) in [7, 11) is 0. The number of rotatable bonds is 10. The van der Waals surface area contributed by atoms with Gasteiger partial charge in [-0.2, -0.15) is 0 Å². The van der Waals surface area contributed by atoms with Crippen LogP contribution in [0.3, 0.4) is 0 Å². The first-order valence-electron chi connectivity index (χ1n) is 12.6. The molecule has 0 saturated carbocycles. The van der Waals surface area contributed by atoms with Gasteiger partial charge in [-0.25, -0.2) is 0 Å². The summed E-state index contributed by atoms with van der Waals surface area (Å²) < 4.78 is 0. The van der Waals surface area contributed by atoms with E-state index in [-0.39, 0.29) is 24.5 Å². The molecular formula is C32H34N4O2. The smallest absolute Gasteiger partial charge is 0.251 e. The van der Waals surface area contributed by atoms with Crippen LogP contribution in [-0.4, -0.2) is 23.7 Å². The quantitative estimate of drug-likeness (QED) is 0.200. The van der Waals surface area contributed by atoms with E-state index in [1.165, 1.54) is 0 Å². The van der Waals surface area contributed by atoms with Crippen molar-refractivity contribution in [1.29, 1.82) is 0 Å². The Morgan fingerprint density at radius 3 is 2.18 bits per heavy atom. The molecule has 4 aromatic rings. The minimum Gasteiger partial charge on any atom is -0.399 e. The average Bonchev–Trinajstić information content (AvgIpc) is 2.92. The number of anilines is 2. The van der Waals surface area contributed by atoms with Gasteiger partial charge < -0.3 is 27.6 Å². The fourth-order valence-corrected chi connectivity index (χ4v) is 4.64. The predicted octanol–water partition coefficient (Wildman–Crippen LogP) is 4.64. The summed E-state index contributed by atoms with van der Waals surface area (Å²) in [6.07, 6.45) is 1.16. The molecule has 0 heterocycles.